The number of fused-ring (bicyclic) bond motifs is 1. The summed E-state index contributed by atoms with van der Waals surface area (Å²) in [7, 11) is 0. The maximum atomic E-state index is 11.8. The molecular formula is C12H10N4OS. The summed E-state index contributed by atoms with van der Waals surface area (Å²) in [6.45, 7) is 0.271. The summed E-state index contributed by atoms with van der Waals surface area (Å²) in [5.74, 6) is -0.104. The zero-order valence-electron chi connectivity index (χ0n) is 9.41. The highest BCUT2D eigenvalue weighted by molar-refractivity contribution is 7.13. The highest BCUT2D eigenvalue weighted by atomic mass is 32.1. The van der Waals surface area contributed by atoms with Gasteiger partial charge in [0.2, 0.25) is 11.0 Å². The molecule has 2 heterocycles. The minimum atomic E-state index is -0.104. The Labute approximate surface area is 107 Å². The fraction of sp³-hybridized carbons (Fsp3) is 0.0833. The molecule has 0 bridgehead atoms. The smallest absolute Gasteiger partial charge is 0.246 e. The second-order valence-corrected chi connectivity index (χ2v) is 4.63. The van der Waals surface area contributed by atoms with Crippen molar-refractivity contribution in [2.45, 2.75) is 6.54 Å². The Morgan fingerprint density at radius 1 is 1.33 bits per heavy atom. The standard InChI is InChI=1S/C12H10N4OS/c17-11(14-12-15-13-8-18-12)7-16-6-5-9-3-1-2-4-10(9)16/h1-6,8H,7H2,(H,14,15,17). The Hall–Kier alpha value is -2.21. The molecule has 0 aliphatic carbocycles. The Balaban J connectivity index is 1.78. The van der Waals surface area contributed by atoms with Gasteiger partial charge in [0.15, 0.2) is 0 Å². The molecule has 18 heavy (non-hydrogen) atoms. The lowest BCUT2D eigenvalue weighted by Gasteiger charge is -2.04. The molecule has 2 aromatic heterocycles. The summed E-state index contributed by atoms with van der Waals surface area (Å²) in [5.41, 5.74) is 2.63. The van der Waals surface area contributed by atoms with E-state index < -0.39 is 0 Å². The molecule has 0 fully saturated rings. The molecule has 3 rings (SSSR count). The van der Waals surface area contributed by atoms with E-state index >= 15 is 0 Å². The van der Waals surface area contributed by atoms with Gasteiger partial charge in [-0.1, -0.05) is 29.5 Å². The highest BCUT2D eigenvalue weighted by Crippen LogP contribution is 2.15. The lowest BCUT2D eigenvalue weighted by molar-refractivity contribution is -0.116. The summed E-state index contributed by atoms with van der Waals surface area (Å²) in [6, 6.07) is 9.95. The summed E-state index contributed by atoms with van der Waals surface area (Å²) in [6.07, 6.45) is 1.91. The third-order valence-corrected chi connectivity index (χ3v) is 3.21. The molecule has 0 unspecified atom stereocenters. The molecular weight excluding hydrogens is 248 g/mol. The quantitative estimate of drug-likeness (QED) is 0.783. The molecule has 0 saturated carbocycles. The van der Waals surface area contributed by atoms with Crippen molar-refractivity contribution < 1.29 is 4.79 Å². The number of para-hydroxylation sites is 1. The Bertz CT molecular complexity index is 674. The van der Waals surface area contributed by atoms with Gasteiger partial charge in [-0.05, 0) is 17.5 Å². The molecule has 0 aliphatic rings. The van der Waals surface area contributed by atoms with Crippen LogP contribution in [-0.4, -0.2) is 20.7 Å². The lowest BCUT2D eigenvalue weighted by atomic mass is 10.2. The molecule has 0 saturated heterocycles. The van der Waals surface area contributed by atoms with E-state index in [9.17, 15) is 4.79 Å². The van der Waals surface area contributed by atoms with Crippen molar-refractivity contribution in [3.63, 3.8) is 0 Å². The first-order chi connectivity index (χ1) is 8.83. The van der Waals surface area contributed by atoms with Gasteiger partial charge in [0.1, 0.15) is 12.1 Å². The average Bonchev–Trinajstić information content (AvgIpc) is 3.00. The minimum Gasteiger partial charge on any atom is -0.338 e. The molecule has 0 aliphatic heterocycles. The van der Waals surface area contributed by atoms with E-state index in [1.165, 1.54) is 11.3 Å². The molecule has 1 aromatic carbocycles. The van der Waals surface area contributed by atoms with Crippen LogP contribution < -0.4 is 5.32 Å². The van der Waals surface area contributed by atoms with Crippen LogP contribution >= 0.6 is 11.3 Å². The van der Waals surface area contributed by atoms with Gasteiger partial charge >= 0.3 is 0 Å². The van der Waals surface area contributed by atoms with Crippen molar-refractivity contribution in [2.24, 2.45) is 0 Å². The van der Waals surface area contributed by atoms with Crippen LogP contribution in [0.15, 0.2) is 42.0 Å². The van der Waals surface area contributed by atoms with Gasteiger partial charge in [0.25, 0.3) is 0 Å². The van der Waals surface area contributed by atoms with Gasteiger partial charge in [0.05, 0.1) is 0 Å². The SMILES string of the molecule is O=C(Cn1ccc2ccccc21)Nc1nncs1. The summed E-state index contributed by atoms with van der Waals surface area (Å²) >= 11 is 1.30. The van der Waals surface area contributed by atoms with Crippen LogP contribution in [0.3, 0.4) is 0 Å². The summed E-state index contributed by atoms with van der Waals surface area (Å²) in [4.78, 5) is 11.8. The predicted molar refractivity (Wildman–Crippen MR) is 70.5 cm³/mol. The molecule has 1 amide bonds. The van der Waals surface area contributed by atoms with E-state index in [4.69, 9.17) is 0 Å². The Kier molecular flexibility index (Phi) is 2.77. The fourth-order valence-electron chi connectivity index (χ4n) is 1.82. The number of hydrogen-bond acceptors (Lipinski definition) is 4. The van der Waals surface area contributed by atoms with Gasteiger partial charge in [0, 0.05) is 11.7 Å². The number of amides is 1. The minimum absolute atomic E-state index is 0.104. The van der Waals surface area contributed by atoms with Crippen molar-refractivity contribution in [2.75, 3.05) is 5.32 Å². The molecule has 6 heteroatoms. The zero-order valence-corrected chi connectivity index (χ0v) is 10.2. The molecule has 0 radical (unpaired) electrons. The number of rotatable bonds is 3. The largest absolute Gasteiger partial charge is 0.338 e. The van der Waals surface area contributed by atoms with Crippen LogP contribution in [0.25, 0.3) is 10.9 Å². The van der Waals surface area contributed by atoms with Crippen LogP contribution in [0.1, 0.15) is 0 Å². The topological polar surface area (TPSA) is 59.8 Å². The molecule has 1 N–H and O–H groups in total. The maximum absolute atomic E-state index is 11.8. The van der Waals surface area contributed by atoms with Crippen LogP contribution in [-0.2, 0) is 11.3 Å². The van der Waals surface area contributed by atoms with Crippen molar-refractivity contribution in [3.8, 4) is 0 Å². The molecule has 0 spiro atoms. The highest BCUT2D eigenvalue weighted by Gasteiger charge is 2.07. The lowest BCUT2D eigenvalue weighted by Crippen LogP contribution is -2.18. The molecule has 0 atom stereocenters. The van der Waals surface area contributed by atoms with Crippen molar-refractivity contribution >= 4 is 33.3 Å². The van der Waals surface area contributed by atoms with Crippen LogP contribution in [0.2, 0.25) is 0 Å². The number of aromatic nitrogens is 3. The number of carbonyl (C=O) groups excluding carboxylic acids is 1. The fourth-order valence-corrected chi connectivity index (χ4v) is 2.28. The normalized spacial score (nSPS) is 10.7. The number of anilines is 1. The van der Waals surface area contributed by atoms with Crippen LogP contribution in [0.5, 0.6) is 0 Å². The predicted octanol–water partition coefficient (Wildman–Crippen LogP) is 2.13. The Morgan fingerprint density at radius 3 is 3.06 bits per heavy atom. The second kappa shape index (κ2) is 4.58. The van der Waals surface area contributed by atoms with E-state index in [1.807, 2.05) is 41.1 Å². The van der Waals surface area contributed by atoms with Crippen molar-refractivity contribution in [1.82, 2.24) is 14.8 Å². The monoisotopic (exact) mass is 258 g/mol. The van der Waals surface area contributed by atoms with Gasteiger partial charge in [-0.2, -0.15) is 0 Å². The zero-order chi connectivity index (χ0) is 12.4. The number of carbonyl (C=O) groups is 1. The summed E-state index contributed by atoms with van der Waals surface area (Å²) in [5, 5.41) is 11.8. The van der Waals surface area contributed by atoms with E-state index in [-0.39, 0.29) is 12.5 Å². The first-order valence-corrected chi connectivity index (χ1v) is 6.31. The number of nitrogens with one attached hydrogen (secondary N) is 1. The van der Waals surface area contributed by atoms with Crippen LogP contribution in [0, 0.1) is 0 Å². The number of benzene rings is 1. The van der Waals surface area contributed by atoms with E-state index in [2.05, 4.69) is 15.5 Å². The molecule has 5 nitrogen and oxygen atoms in total. The van der Waals surface area contributed by atoms with Gasteiger partial charge in [-0.15, -0.1) is 10.2 Å². The second-order valence-electron chi connectivity index (χ2n) is 3.79. The first kappa shape index (κ1) is 10.9. The Morgan fingerprint density at radius 2 is 2.22 bits per heavy atom. The van der Waals surface area contributed by atoms with Crippen molar-refractivity contribution in [3.05, 3.63) is 42.0 Å². The number of nitrogens with zero attached hydrogens (tertiary/aromatic N) is 3. The van der Waals surface area contributed by atoms with Crippen LogP contribution in [0.4, 0.5) is 5.13 Å². The average molecular weight is 258 g/mol. The van der Waals surface area contributed by atoms with Gasteiger partial charge in [-0.3, -0.25) is 10.1 Å². The van der Waals surface area contributed by atoms with Gasteiger partial charge in [-0.25, -0.2) is 0 Å². The van der Waals surface area contributed by atoms with E-state index in [0.29, 0.717) is 5.13 Å². The molecule has 90 valence electrons. The van der Waals surface area contributed by atoms with Crippen molar-refractivity contribution in [1.29, 1.82) is 0 Å². The number of hydrogen-bond donors (Lipinski definition) is 1. The third kappa shape index (κ3) is 2.10. The first-order valence-electron chi connectivity index (χ1n) is 5.43. The molecule has 3 aromatic rings. The summed E-state index contributed by atoms with van der Waals surface area (Å²) < 4.78 is 1.91. The van der Waals surface area contributed by atoms with E-state index in [1.54, 1.807) is 5.51 Å². The maximum Gasteiger partial charge on any atom is 0.246 e. The third-order valence-electron chi connectivity index (χ3n) is 2.60. The van der Waals surface area contributed by atoms with Gasteiger partial charge < -0.3 is 4.57 Å². The van der Waals surface area contributed by atoms with E-state index in [0.717, 1.165) is 10.9 Å².